The predicted molar refractivity (Wildman–Crippen MR) is 83.8 cm³/mol. The molecule has 3 nitrogen and oxygen atoms in total. The Morgan fingerprint density at radius 2 is 2.10 bits per heavy atom. The van der Waals surface area contributed by atoms with Crippen LogP contribution in [0, 0.1) is 6.92 Å². The summed E-state index contributed by atoms with van der Waals surface area (Å²) < 4.78 is 1.04. The van der Waals surface area contributed by atoms with Gasteiger partial charge < -0.3 is 5.32 Å². The van der Waals surface area contributed by atoms with Gasteiger partial charge in [0.2, 0.25) is 5.91 Å². The Kier molecular flexibility index (Phi) is 3.65. The molecule has 3 rings (SSSR count). The fourth-order valence-electron chi connectivity index (χ4n) is 2.35. The summed E-state index contributed by atoms with van der Waals surface area (Å²) in [6.07, 6.45) is 1.86. The van der Waals surface area contributed by atoms with Crippen LogP contribution < -0.4 is 5.32 Å². The van der Waals surface area contributed by atoms with E-state index in [0.29, 0.717) is 6.54 Å². The van der Waals surface area contributed by atoms with Gasteiger partial charge in [0.15, 0.2) is 0 Å². The van der Waals surface area contributed by atoms with Gasteiger partial charge in [-0.15, -0.1) is 11.3 Å². The van der Waals surface area contributed by atoms with E-state index in [9.17, 15) is 4.79 Å². The van der Waals surface area contributed by atoms with Crippen molar-refractivity contribution in [3.8, 4) is 0 Å². The molecule has 0 radical (unpaired) electrons. The summed E-state index contributed by atoms with van der Waals surface area (Å²) in [5.41, 5.74) is 1.80. The van der Waals surface area contributed by atoms with Gasteiger partial charge in [0.25, 0.3) is 0 Å². The SMILES string of the molecule is Cc1csc(CNC(=O)C2(c3ccc(Br)cc3)CC2)n1. The average molecular weight is 351 g/mol. The third-order valence-corrected chi connectivity index (χ3v) is 5.14. The Balaban J connectivity index is 1.68. The van der Waals surface area contributed by atoms with Crippen molar-refractivity contribution in [2.75, 3.05) is 0 Å². The number of aromatic nitrogens is 1. The van der Waals surface area contributed by atoms with Crippen molar-refractivity contribution < 1.29 is 4.79 Å². The molecule has 1 N–H and O–H groups in total. The third kappa shape index (κ3) is 2.65. The van der Waals surface area contributed by atoms with Gasteiger partial charge in [-0.25, -0.2) is 4.98 Å². The number of carbonyl (C=O) groups is 1. The lowest BCUT2D eigenvalue weighted by Gasteiger charge is -2.15. The highest BCUT2D eigenvalue weighted by Crippen LogP contribution is 2.48. The summed E-state index contributed by atoms with van der Waals surface area (Å²) in [4.78, 5) is 16.8. The number of nitrogens with one attached hydrogen (secondary N) is 1. The van der Waals surface area contributed by atoms with E-state index in [-0.39, 0.29) is 11.3 Å². The Bertz CT molecular complexity index is 632. The van der Waals surface area contributed by atoms with Crippen LogP contribution >= 0.6 is 27.3 Å². The van der Waals surface area contributed by atoms with E-state index in [1.165, 1.54) is 0 Å². The van der Waals surface area contributed by atoms with Gasteiger partial charge >= 0.3 is 0 Å². The molecular weight excluding hydrogens is 336 g/mol. The zero-order valence-corrected chi connectivity index (χ0v) is 13.6. The van der Waals surface area contributed by atoms with Crippen LogP contribution in [-0.2, 0) is 16.8 Å². The Labute approximate surface area is 130 Å². The summed E-state index contributed by atoms with van der Waals surface area (Å²) in [6, 6.07) is 8.05. The van der Waals surface area contributed by atoms with Gasteiger partial charge in [0.1, 0.15) is 5.01 Å². The summed E-state index contributed by atoms with van der Waals surface area (Å²) in [5, 5.41) is 5.99. The molecule has 0 aliphatic heterocycles. The minimum Gasteiger partial charge on any atom is -0.349 e. The number of hydrogen-bond acceptors (Lipinski definition) is 3. The molecule has 1 aromatic heterocycles. The van der Waals surface area contributed by atoms with Gasteiger partial charge in [0.05, 0.1) is 12.0 Å². The zero-order valence-electron chi connectivity index (χ0n) is 11.1. The topological polar surface area (TPSA) is 42.0 Å². The molecule has 0 bridgehead atoms. The molecule has 1 aliphatic carbocycles. The van der Waals surface area contributed by atoms with E-state index < -0.39 is 0 Å². The number of halogens is 1. The standard InChI is InChI=1S/C15H15BrN2OS/c1-10-9-20-13(18-10)8-17-14(19)15(6-7-15)11-2-4-12(16)5-3-11/h2-5,9H,6-8H2,1H3,(H,17,19). The number of rotatable bonds is 4. The highest BCUT2D eigenvalue weighted by Gasteiger charge is 2.51. The van der Waals surface area contributed by atoms with E-state index in [4.69, 9.17) is 0 Å². The van der Waals surface area contributed by atoms with Crippen LogP contribution in [0.3, 0.4) is 0 Å². The van der Waals surface area contributed by atoms with Gasteiger partial charge in [-0.05, 0) is 37.5 Å². The monoisotopic (exact) mass is 350 g/mol. The maximum absolute atomic E-state index is 12.4. The third-order valence-electron chi connectivity index (χ3n) is 3.65. The average Bonchev–Trinajstić information content (AvgIpc) is 3.15. The fraction of sp³-hybridized carbons (Fsp3) is 0.333. The molecule has 5 heteroatoms. The summed E-state index contributed by atoms with van der Waals surface area (Å²) in [6.45, 7) is 2.49. The van der Waals surface area contributed by atoms with Gasteiger partial charge in [-0.3, -0.25) is 4.79 Å². The van der Waals surface area contributed by atoms with Crippen molar-refractivity contribution in [3.05, 3.63) is 50.4 Å². The number of thiazole rings is 1. The second kappa shape index (κ2) is 5.30. The maximum Gasteiger partial charge on any atom is 0.231 e. The van der Waals surface area contributed by atoms with Gasteiger partial charge in [-0.1, -0.05) is 28.1 Å². The highest BCUT2D eigenvalue weighted by molar-refractivity contribution is 9.10. The molecule has 20 heavy (non-hydrogen) atoms. The van der Waals surface area contributed by atoms with Crippen molar-refractivity contribution in [3.63, 3.8) is 0 Å². The van der Waals surface area contributed by atoms with Crippen LogP contribution in [0.5, 0.6) is 0 Å². The highest BCUT2D eigenvalue weighted by atomic mass is 79.9. The molecule has 0 atom stereocenters. The lowest BCUT2D eigenvalue weighted by atomic mass is 9.95. The van der Waals surface area contributed by atoms with Crippen LogP contribution in [-0.4, -0.2) is 10.9 Å². The molecule has 1 amide bonds. The molecule has 1 heterocycles. The smallest absolute Gasteiger partial charge is 0.231 e. The lowest BCUT2D eigenvalue weighted by molar-refractivity contribution is -0.123. The molecule has 0 unspecified atom stereocenters. The molecular formula is C15H15BrN2OS. The van der Waals surface area contributed by atoms with Crippen molar-refractivity contribution in [1.82, 2.24) is 10.3 Å². The summed E-state index contributed by atoms with van der Waals surface area (Å²) in [5.74, 6) is 0.118. The fourth-order valence-corrected chi connectivity index (χ4v) is 3.33. The molecule has 1 fully saturated rings. The minimum atomic E-state index is -0.312. The van der Waals surface area contributed by atoms with Crippen LogP contribution in [0.15, 0.2) is 34.1 Å². The summed E-state index contributed by atoms with van der Waals surface area (Å²) >= 11 is 5.01. The van der Waals surface area contributed by atoms with Crippen molar-refractivity contribution >= 4 is 33.2 Å². The van der Waals surface area contributed by atoms with Crippen LogP contribution in [0.4, 0.5) is 0 Å². The van der Waals surface area contributed by atoms with E-state index in [1.54, 1.807) is 11.3 Å². The summed E-state index contributed by atoms with van der Waals surface area (Å²) in [7, 11) is 0. The molecule has 104 valence electrons. The molecule has 0 saturated heterocycles. The lowest BCUT2D eigenvalue weighted by Crippen LogP contribution is -2.34. The number of amides is 1. The molecule has 0 spiro atoms. The number of benzene rings is 1. The number of aryl methyl sites for hydroxylation is 1. The van der Waals surface area contributed by atoms with Crippen LogP contribution in [0.25, 0.3) is 0 Å². The second-order valence-electron chi connectivity index (χ2n) is 5.15. The first-order valence-electron chi connectivity index (χ1n) is 6.55. The van der Waals surface area contributed by atoms with Crippen molar-refractivity contribution in [2.45, 2.75) is 31.7 Å². The van der Waals surface area contributed by atoms with Gasteiger partial charge in [-0.2, -0.15) is 0 Å². The second-order valence-corrected chi connectivity index (χ2v) is 7.01. The first kappa shape index (κ1) is 13.8. The molecule has 1 aromatic carbocycles. The number of carbonyl (C=O) groups excluding carboxylic acids is 1. The first-order valence-corrected chi connectivity index (χ1v) is 8.23. The van der Waals surface area contributed by atoms with Gasteiger partial charge in [0, 0.05) is 15.5 Å². The quantitative estimate of drug-likeness (QED) is 0.915. The minimum absolute atomic E-state index is 0.118. The Morgan fingerprint density at radius 1 is 1.40 bits per heavy atom. The largest absolute Gasteiger partial charge is 0.349 e. The van der Waals surface area contributed by atoms with E-state index in [0.717, 1.165) is 33.6 Å². The van der Waals surface area contributed by atoms with Crippen molar-refractivity contribution in [1.29, 1.82) is 0 Å². The van der Waals surface area contributed by atoms with E-state index in [1.807, 2.05) is 36.6 Å². The maximum atomic E-state index is 12.4. The van der Waals surface area contributed by atoms with Crippen LogP contribution in [0.1, 0.15) is 29.1 Å². The normalized spacial score (nSPS) is 15.9. The van der Waals surface area contributed by atoms with E-state index >= 15 is 0 Å². The Hall–Kier alpha value is -1.20. The number of nitrogens with zero attached hydrogens (tertiary/aromatic N) is 1. The molecule has 2 aromatic rings. The van der Waals surface area contributed by atoms with Crippen molar-refractivity contribution in [2.24, 2.45) is 0 Å². The zero-order chi connectivity index (χ0) is 14.2. The number of hydrogen-bond donors (Lipinski definition) is 1. The Morgan fingerprint density at radius 3 is 2.65 bits per heavy atom. The molecule has 1 saturated carbocycles. The molecule has 1 aliphatic rings. The van der Waals surface area contributed by atoms with E-state index in [2.05, 4.69) is 26.2 Å². The first-order chi connectivity index (χ1) is 9.60. The predicted octanol–water partition coefficient (Wildman–Crippen LogP) is 3.56. The van der Waals surface area contributed by atoms with Crippen LogP contribution in [0.2, 0.25) is 0 Å².